The van der Waals surface area contributed by atoms with Crippen LogP contribution in [0.2, 0.25) is 0 Å². The Bertz CT molecular complexity index is 759. The Hall–Kier alpha value is -1.51. The number of esters is 1. The molecule has 42 heavy (non-hydrogen) atoms. The van der Waals surface area contributed by atoms with Gasteiger partial charge in [0, 0.05) is 19.4 Å². The summed E-state index contributed by atoms with van der Waals surface area (Å²) in [6.45, 7) is 3.38. The number of allylic oxidation sites excluding steroid dienone is 4. The van der Waals surface area contributed by atoms with E-state index >= 15 is 0 Å². The summed E-state index contributed by atoms with van der Waals surface area (Å²) in [5.74, 6) is -0.545. The minimum atomic E-state index is -4.40. The van der Waals surface area contributed by atoms with Gasteiger partial charge in [-0.05, 0) is 44.9 Å². The van der Waals surface area contributed by atoms with Crippen LogP contribution < -0.4 is 5.32 Å². The Balaban J connectivity index is 3.65. The van der Waals surface area contributed by atoms with Crippen LogP contribution in [0.3, 0.4) is 0 Å². The molecule has 0 aliphatic heterocycles. The number of nitrogens with one attached hydrogen (secondary N) is 1. The number of hydrogen-bond acceptors (Lipinski definition) is 7. The molecule has 2 atom stereocenters. The standard InChI is InChI=1S/C32H60NO8P/c1-3-5-7-9-10-11-12-13-14-15-16-17-18-19-21-22-24-31(35)33-26-27-40-42(37,38)41-29-30(34)28-39-32(36)25-23-20-8-6-4-2/h11-12,14-15,30,34H,3-10,13,16-29H2,1-2H3,(H,33,35)(H,37,38)/b12-11-,15-14-. The van der Waals surface area contributed by atoms with Gasteiger partial charge in [0.1, 0.15) is 12.7 Å². The zero-order valence-electron chi connectivity index (χ0n) is 26.4. The molecule has 2 unspecified atom stereocenters. The lowest BCUT2D eigenvalue weighted by molar-refractivity contribution is -0.147. The maximum absolute atomic E-state index is 12.0. The maximum atomic E-state index is 12.0. The van der Waals surface area contributed by atoms with Crippen LogP contribution in [0, 0.1) is 0 Å². The molecule has 9 nitrogen and oxygen atoms in total. The van der Waals surface area contributed by atoms with E-state index in [1.165, 1.54) is 32.1 Å². The summed E-state index contributed by atoms with van der Waals surface area (Å²) >= 11 is 0. The highest BCUT2D eigenvalue weighted by molar-refractivity contribution is 7.47. The van der Waals surface area contributed by atoms with Crippen molar-refractivity contribution in [3.63, 3.8) is 0 Å². The third-order valence-electron chi connectivity index (χ3n) is 6.63. The van der Waals surface area contributed by atoms with Crippen molar-refractivity contribution in [2.45, 2.75) is 142 Å². The van der Waals surface area contributed by atoms with Crippen LogP contribution in [0.25, 0.3) is 0 Å². The van der Waals surface area contributed by atoms with Crippen LogP contribution in [-0.4, -0.2) is 54.3 Å². The Kier molecular flexibility index (Phi) is 28.5. The topological polar surface area (TPSA) is 131 Å². The molecule has 0 rings (SSSR count). The minimum Gasteiger partial charge on any atom is -0.463 e. The highest BCUT2D eigenvalue weighted by Gasteiger charge is 2.23. The van der Waals surface area contributed by atoms with Crippen molar-refractivity contribution in [2.24, 2.45) is 0 Å². The van der Waals surface area contributed by atoms with Crippen molar-refractivity contribution in [3.05, 3.63) is 24.3 Å². The van der Waals surface area contributed by atoms with Crippen LogP contribution in [0.15, 0.2) is 24.3 Å². The van der Waals surface area contributed by atoms with Crippen LogP contribution in [-0.2, 0) is 27.9 Å². The number of phosphoric acid groups is 1. The molecular weight excluding hydrogens is 557 g/mol. The molecule has 10 heteroatoms. The predicted octanol–water partition coefficient (Wildman–Crippen LogP) is 7.70. The normalized spacial score (nSPS) is 13.9. The lowest BCUT2D eigenvalue weighted by Crippen LogP contribution is -2.27. The first kappa shape index (κ1) is 40.5. The van der Waals surface area contributed by atoms with Gasteiger partial charge >= 0.3 is 13.8 Å². The number of carbonyl (C=O) groups is 2. The lowest BCUT2D eigenvalue weighted by Gasteiger charge is -2.15. The predicted molar refractivity (Wildman–Crippen MR) is 169 cm³/mol. The second-order valence-corrected chi connectivity index (χ2v) is 12.2. The minimum absolute atomic E-state index is 0.0749. The summed E-state index contributed by atoms with van der Waals surface area (Å²) in [5, 5.41) is 12.5. The monoisotopic (exact) mass is 617 g/mol. The molecule has 0 aromatic carbocycles. The van der Waals surface area contributed by atoms with Crippen LogP contribution in [0.5, 0.6) is 0 Å². The fourth-order valence-corrected chi connectivity index (χ4v) is 4.87. The zero-order valence-corrected chi connectivity index (χ0v) is 27.3. The van der Waals surface area contributed by atoms with Gasteiger partial charge in [-0.2, -0.15) is 0 Å². The Morgan fingerprint density at radius 1 is 0.738 bits per heavy atom. The number of hydrogen-bond donors (Lipinski definition) is 3. The summed E-state index contributed by atoms with van der Waals surface area (Å²) in [7, 11) is -4.40. The smallest absolute Gasteiger partial charge is 0.463 e. The molecule has 3 N–H and O–H groups in total. The SMILES string of the molecule is CCCCCC/C=C\C/C=C\CCCCCCCC(=O)NCCOP(=O)(O)OCC(O)COC(=O)CCCCCCC. The number of aliphatic hydroxyl groups is 1. The van der Waals surface area contributed by atoms with Crippen LogP contribution in [0.4, 0.5) is 0 Å². The average Bonchev–Trinajstić information content (AvgIpc) is 2.97. The molecule has 1 amide bonds. The molecule has 0 aromatic rings. The number of carbonyl (C=O) groups excluding carboxylic acids is 2. The second-order valence-electron chi connectivity index (χ2n) is 10.8. The van der Waals surface area contributed by atoms with Crippen LogP contribution >= 0.6 is 7.82 Å². The quantitative estimate of drug-likeness (QED) is 0.0323. The highest BCUT2D eigenvalue weighted by atomic mass is 31.2. The average molecular weight is 618 g/mol. The van der Waals surface area contributed by atoms with E-state index in [4.69, 9.17) is 13.8 Å². The highest BCUT2D eigenvalue weighted by Crippen LogP contribution is 2.42. The van der Waals surface area contributed by atoms with E-state index in [0.29, 0.717) is 6.42 Å². The molecule has 0 aliphatic carbocycles. The molecule has 0 aromatic heterocycles. The van der Waals surface area contributed by atoms with E-state index in [0.717, 1.165) is 77.0 Å². The van der Waals surface area contributed by atoms with E-state index in [1.54, 1.807) is 0 Å². The zero-order chi connectivity index (χ0) is 31.2. The lowest BCUT2D eigenvalue weighted by atomic mass is 10.1. The first-order valence-corrected chi connectivity index (χ1v) is 17.8. The number of phosphoric ester groups is 1. The fourth-order valence-electron chi connectivity index (χ4n) is 4.11. The number of amides is 1. The van der Waals surface area contributed by atoms with Gasteiger partial charge in [0.15, 0.2) is 0 Å². The molecule has 0 aliphatic rings. The van der Waals surface area contributed by atoms with E-state index in [2.05, 4.69) is 43.5 Å². The molecule has 246 valence electrons. The third kappa shape index (κ3) is 30.0. The van der Waals surface area contributed by atoms with Crippen LogP contribution in [0.1, 0.15) is 136 Å². The third-order valence-corrected chi connectivity index (χ3v) is 7.62. The first-order valence-electron chi connectivity index (χ1n) is 16.3. The van der Waals surface area contributed by atoms with Gasteiger partial charge in [0.25, 0.3) is 0 Å². The summed E-state index contributed by atoms with van der Waals surface area (Å²) in [5.41, 5.74) is 0. The van der Waals surface area contributed by atoms with Crippen molar-refractivity contribution in [1.29, 1.82) is 0 Å². The van der Waals surface area contributed by atoms with E-state index in [1.807, 2.05) is 0 Å². The van der Waals surface area contributed by atoms with Crippen molar-refractivity contribution in [3.8, 4) is 0 Å². The second kappa shape index (κ2) is 29.6. The van der Waals surface area contributed by atoms with Gasteiger partial charge in [-0.25, -0.2) is 4.57 Å². The van der Waals surface area contributed by atoms with Crippen molar-refractivity contribution in [1.82, 2.24) is 5.32 Å². The van der Waals surface area contributed by atoms with Gasteiger partial charge in [-0.1, -0.05) is 102 Å². The van der Waals surface area contributed by atoms with Gasteiger partial charge < -0.3 is 20.1 Å². The summed E-state index contributed by atoms with van der Waals surface area (Å²) in [6, 6.07) is 0. The van der Waals surface area contributed by atoms with Crippen molar-refractivity contribution < 1.29 is 37.9 Å². The van der Waals surface area contributed by atoms with E-state index in [9.17, 15) is 24.2 Å². The molecule has 0 bridgehead atoms. The maximum Gasteiger partial charge on any atom is 0.472 e. The molecule has 0 spiro atoms. The molecular formula is C32H60NO8P. The Morgan fingerprint density at radius 2 is 1.29 bits per heavy atom. The van der Waals surface area contributed by atoms with E-state index in [-0.39, 0.29) is 32.1 Å². The molecule has 0 fully saturated rings. The number of rotatable bonds is 30. The molecule has 0 radical (unpaired) electrons. The Labute approximate surface area is 255 Å². The molecule has 0 saturated carbocycles. The number of unbranched alkanes of at least 4 members (excludes halogenated alkanes) is 13. The largest absolute Gasteiger partial charge is 0.472 e. The summed E-state index contributed by atoms with van der Waals surface area (Å²) in [6.07, 6.45) is 27.2. The van der Waals surface area contributed by atoms with Gasteiger partial charge in [0.05, 0.1) is 13.2 Å². The summed E-state index contributed by atoms with van der Waals surface area (Å²) in [4.78, 5) is 33.4. The summed E-state index contributed by atoms with van der Waals surface area (Å²) < 4.78 is 26.5. The van der Waals surface area contributed by atoms with Gasteiger partial charge in [-0.3, -0.25) is 18.6 Å². The number of aliphatic hydroxyl groups excluding tert-OH is 1. The molecule has 0 saturated heterocycles. The molecule has 0 heterocycles. The first-order chi connectivity index (χ1) is 20.3. The number of ether oxygens (including phenoxy) is 1. The van der Waals surface area contributed by atoms with Crippen molar-refractivity contribution >= 4 is 19.7 Å². The van der Waals surface area contributed by atoms with Gasteiger partial charge in [-0.15, -0.1) is 0 Å². The van der Waals surface area contributed by atoms with E-state index < -0.39 is 26.5 Å². The van der Waals surface area contributed by atoms with Gasteiger partial charge in [0.2, 0.25) is 5.91 Å². The Morgan fingerprint density at radius 3 is 1.93 bits per heavy atom. The fraction of sp³-hybridized carbons (Fsp3) is 0.812. The van der Waals surface area contributed by atoms with Crippen molar-refractivity contribution in [2.75, 3.05) is 26.4 Å².